The average Bonchev–Trinajstić information content (AvgIpc) is 3.15. The molecular formula is C15H21F3N2O4. The average molecular weight is 350 g/mol. The lowest BCUT2D eigenvalue weighted by Gasteiger charge is -2.38. The van der Waals surface area contributed by atoms with Crippen molar-refractivity contribution in [2.75, 3.05) is 19.7 Å². The van der Waals surface area contributed by atoms with Gasteiger partial charge in [-0.25, -0.2) is 0 Å². The molecule has 1 saturated carbocycles. The summed E-state index contributed by atoms with van der Waals surface area (Å²) in [6, 6.07) is -1.31. The molecule has 3 aliphatic rings. The molecule has 2 saturated heterocycles. The number of fused-ring (bicyclic) bond motifs is 1. The van der Waals surface area contributed by atoms with Gasteiger partial charge < -0.3 is 19.6 Å². The summed E-state index contributed by atoms with van der Waals surface area (Å²) < 4.78 is 44.4. The SMILES string of the molecule is CC1CN(C(=O)[C@H]2C[C@H]3C[C@H]3N2C(=O)C(C)(O)C(F)(F)F)CCO1. The monoisotopic (exact) mass is 350 g/mol. The Kier molecular flexibility index (Phi) is 4.07. The van der Waals surface area contributed by atoms with E-state index in [0.717, 1.165) is 4.90 Å². The third kappa shape index (κ3) is 2.77. The summed E-state index contributed by atoms with van der Waals surface area (Å²) in [5.74, 6) is -1.74. The van der Waals surface area contributed by atoms with Gasteiger partial charge in [0.15, 0.2) is 0 Å². The smallest absolute Gasteiger partial charge is 0.375 e. The number of carbonyl (C=O) groups is 2. The van der Waals surface area contributed by atoms with Gasteiger partial charge in [0.05, 0.1) is 12.7 Å². The quantitative estimate of drug-likeness (QED) is 0.789. The summed E-state index contributed by atoms with van der Waals surface area (Å²) in [5, 5.41) is 9.71. The van der Waals surface area contributed by atoms with Gasteiger partial charge in [0.25, 0.3) is 5.91 Å². The van der Waals surface area contributed by atoms with Crippen LogP contribution in [-0.4, -0.2) is 76.4 Å². The maximum Gasteiger partial charge on any atom is 0.426 e. The van der Waals surface area contributed by atoms with Crippen LogP contribution in [0.25, 0.3) is 0 Å². The first-order valence-corrected chi connectivity index (χ1v) is 8.06. The van der Waals surface area contributed by atoms with Gasteiger partial charge in [-0.3, -0.25) is 9.59 Å². The number of halogens is 3. The Morgan fingerprint density at radius 2 is 1.92 bits per heavy atom. The van der Waals surface area contributed by atoms with Gasteiger partial charge >= 0.3 is 6.18 Å². The van der Waals surface area contributed by atoms with Crippen LogP contribution in [-0.2, 0) is 14.3 Å². The van der Waals surface area contributed by atoms with E-state index in [1.807, 2.05) is 6.92 Å². The molecule has 24 heavy (non-hydrogen) atoms. The fourth-order valence-electron chi connectivity index (χ4n) is 3.57. The van der Waals surface area contributed by atoms with E-state index in [4.69, 9.17) is 4.74 Å². The fraction of sp³-hybridized carbons (Fsp3) is 0.867. The van der Waals surface area contributed by atoms with E-state index in [2.05, 4.69) is 0 Å². The Balaban J connectivity index is 1.79. The number of aliphatic hydroxyl groups is 1. The number of carbonyl (C=O) groups excluding carboxylic acids is 2. The van der Waals surface area contributed by atoms with Crippen LogP contribution in [0.5, 0.6) is 0 Å². The third-order valence-electron chi connectivity index (χ3n) is 5.15. The standard InChI is InChI=1S/C15H21F3N2O4/c1-8-7-19(3-4-24-8)12(21)11-6-9-5-10(9)20(11)13(22)14(2,23)15(16,17)18/h8-11,23H,3-7H2,1-2H3/t8?,9-,10-,11-,14?/m1/s1. The van der Waals surface area contributed by atoms with Crippen LogP contribution < -0.4 is 0 Å². The van der Waals surface area contributed by atoms with Crippen LogP contribution in [0.3, 0.4) is 0 Å². The van der Waals surface area contributed by atoms with Crippen molar-refractivity contribution in [1.29, 1.82) is 0 Å². The van der Waals surface area contributed by atoms with Crippen molar-refractivity contribution in [2.45, 2.75) is 56.7 Å². The lowest BCUT2D eigenvalue weighted by Crippen LogP contribution is -2.61. The highest BCUT2D eigenvalue weighted by Gasteiger charge is 2.64. The van der Waals surface area contributed by atoms with Gasteiger partial charge in [-0.1, -0.05) is 0 Å². The number of hydrogen-bond donors (Lipinski definition) is 1. The molecule has 1 N–H and O–H groups in total. The highest BCUT2D eigenvalue weighted by Crippen LogP contribution is 2.50. The summed E-state index contributed by atoms with van der Waals surface area (Å²) in [6.07, 6.45) is -4.29. The summed E-state index contributed by atoms with van der Waals surface area (Å²) in [6.45, 7) is 3.32. The molecule has 0 aromatic rings. The van der Waals surface area contributed by atoms with E-state index >= 15 is 0 Å². The van der Waals surface area contributed by atoms with Crippen molar-refractivity contribution >= 4 is 11.8 Å². The largest absolute Gasteiger partial charge is 0.426 e. The molecule has 6 nitrogen and oxygen atoms in total. The topological polar surface area (TPSA) is 70.1 Å². The van der Waals surface area contributed by atoms with Gasteiger partial charge in [0, 0.05) is 19.1 Å². The summed E-state index contributed by atoms with van der Waals surface area (Å²) in [4.78, 5) is 27.6. The molecule has 0 aromatic heterocycles. The van der Waals surface area contributed by atoms with Gasteiger partial charge in [-0.05, 0) is 32.6 Å². The van der Waals surface area contributed by atoms with E-state index < -0.39 is 23.7 Å². The minimum absolute atomic E-state index is 0.0467. The van der Waals surface area contributed by atoms with Gasteiger partial charge in [0.2, 0.25) is 11.5 Å². The van der Waals surface area contributed by atoms with E-state index in [0.29, 0.717) is 39.5 Å². The van der Waals surface area contributed by atoms with Crippen LogP contribution in [0.4, 0.5) is 13.2 Å². The molecule has 3 rings (SSSR count). The fourth-order valence-corrected chi connectivity index (χ4v) is 3.57. The summed E-state index contributed by atoms with van der Waals surface area (Å²) >= 11 is 0. The normalized spacial score (nSPS) is 35.4. The first-order valence-electron chi connectivity index (χ1n) is 8.06. The number of nitrogens with zero attached hydrogens (tertiary/aromatic N) is 2. The molecule has 136 valence electrons. The van der Waals surface area contributed by atoms with Crippen LogP contribution in [0.15, 0.2) is 0 Å². The molecule has 2 aliphatic heterocycles. The number of alkyl halides is 3. The van der Waals surface area contributed by atoms with Crippen LogP contribution in [0.2, 0.25) is 0 Å². The molecule has 0 aromatic carbocycles. The second-order valence-corrected chi connectivity index (χ2v) is 7.06. The van der Waals surface area contributed by atoms with Crippen molar-refractivity contribution in [1.82, 2.24) is 9.80 Å². The van der Waals surface area contributed by atoms with Crippen molar-refractivity contribution < 1.29 is 32.6 Å². The number of ether oxygens (including phenoxy) is 1. The number of piperidine rings is 1. The summed E-state index contributed by atoms with van der Waals surface area (Å²) in [5.41, 5.74) is -3.48. The van der Waals surface area contributed by atoms with Crippen molar-refractivity contribution in [3.63, 3.8) is 0 Å². The molecule has 2 amide bonds. The third-order valence-corrected chi connectivity index (χ3v) is 5.15. The molecule has 9 heteroatoms. The van der Waals surface area contributed by atoms with E-state index in [1.54, 1.807) is 0 Å². The van der Waals surface area contributed by atoms with Gasteiger partial charge in [0.1, 0.15) is 6.04 Å². The van der Waals surface area contributed by atoms with Crippen molar-refractivity contribution in [3.8, 4) is 0 Å². The maximum atomic E-state index is 13.0. The molecule has 3 fully saturated rings. The van der Waals surface area contributed by atoms with Crippen LogP contribution in [0, 0.1) is 5.92 Å². The molecule has 5 atom stereocenters. The molecule has 0 radical (unpaired) electrons. The lowest BCUT2D eigenvalue weighted by atomic mass is 10.0. The minimum atomic E-state index is -5.09. The van der Waals surface area contributed by atoms with E-state index in [1.165, 1.54) is 4.90 Å². The van der Waals surface area contributed by atoms with Crippen LogP contribution >= 0.6 is 0 Å². The zero-order chi connectivity index (χ0) is 17.9. The molecule has 2 unspecified atom stereocenters. The van der Waals surface area contributed by atoms with Gasteiger partial charge in [-0.2, -0.15) is 13.2 Å². The number of amides is 2. The van der Waals surface area contributed by atoms with Gasteiger partial charge in [-0.15, -0.1) is 0 Å². The predicted octanol–water partition coefficient (Wildman–Crippen LogP) is 0.536. The highest BCUT2D eigenvalue weighted by molar-refractivity contribution is 5.93. The van der Waals surface area contributed by atoms with E-state index in [9.17, 15) is 27.9 Å². The first kappa shape index (κ1) is 17.5. The first-order chi connectivity index (χ1) is 11.0. The molecule has 0 spiro atoms. The Bertz CT molecular complexity index is 551. The second-order valence-electron chi connectivity index (χ2n) is 7.06. The number of morpholine rings is 1. The number of rotatable bonds is 2. The Morgan fingerprint density at radius 3 is 2.50 bits per heavy atom. The highest BCUT2D eigenvalue weighted by atomic mass is 19.4. The molecule has 1 aliphatic carbocycles. The lowest BCUT2D eigenvalue weighted by molar-refractivity contribution is -0.251. The molecular weight excluding hydrogens is 329 g/mol. The van der Waals surface area contributed by atoms with E-state index in [-0.39, 0.29) is 24.0 Å². The minimum Gasteiger partial charge on any atom is -0.375 e. The number of hydrogen-bond acceptors (Lipinski definition) is 4. The van der Waals surface area contributed by atoms with Crippen LogP contribution in [0.1, 0.15) is 26.7 Å². The van der Waals surface area contributed by atoms with Crippen molar-refractivity contribution in [3.05, 3.63) is 0 Å². The number of likely N-dealkylation sites (tertiary alicyclic amines) is 1. The maximum absolute atomic E-state index is 13.0. The predicted molar refractivity (Wildman–Crippen MR) is 75.8 cm³/mol. The summed E-state index contributed by atoms with van der Waals surface area (Å²) in [7, 11) is 0. The Labute approximate surface area is 137 Å². The molecule has 2 heterocycles. The Morgan fingerprint density at radius 1 is 1.25 bits per heavy atom. The Hall–Kier alpha value is -1.35. The molecule has 0 bridgehead atoms. The zero-order valence-electron chi connectivity index (χ0n) is 13.5. The van der Waals surface area contributed by atoms with Crippen molar-refractivity contribution in [2.24, 2.45) is 5.92 Å². The second kappa shape index (κ2) is 5.59. The zero-order valence-corrected chi connectivity index (χ0v) is 13.5.